The van der Waals surface area contributed by atoms with Crippen LogP contribution in [-0.2, 0) is 0 Å². The number of unbranched alkanes of at least 4 members (excludes halogenated alkanes) is 1. The molecule has 0 spiro atoms. The van der Waals surface area contributed by atoms with E-state index >= 15 is 0 Å². The number of hydrogen-bond donors (Lipinski definition) is 2. The van der Waals surface area contributed by atoms with Gasteiger partial charge in [0.05, 0.1) is 15.6 Å². The SMILES string of the molecule is O=[N+]([O-])c1ccc(NCCCCO)c(Cl)c1. The van der Waals surface area contributed by atoms with Gasteiger partial charge in [-0.15, -0.1) is 0 Å². The average Bonchev–Trinajstić information content (AvgIpc) is 2.26. The van der Waals surface area contributed by atoms with Crippen molar-refractivity contribution in [2.24, 2.45) is 0 Å². The molecule has 0 atom stereocenters. The zero-order valence-corrected chi connectivity index (χ0v) is 9.41. The zero-order chi connectivity index (χ0) is 12.0. The van der Waals surface area contributed by atoms with Crippen molar-refractivity contribution < 1.29 is 10.0 Å². The summed E-state index contributed by atoms with van der Waals surface area (Å²) in [5.41, 5.74) is 0.649. The van der Waals surface area contributed by atoms with Crippen LogP contribution in [0.3, 0.4) is 0 Å². The highest BCUT2D eigenvalue weighted by Gasteiger charge is 2.08. The largest absolute Gasteiger partial charge is 0.396 e. The Hall–Kier alpha value is -1.33. The molecule has 5 nitrogen and oxygen atoms in total. The van der Waals surface area contributed by atoms with Gasteiger partial charge in [0, 0.05) is 25.3 Å². The van der Waals surface area contributed by atoms with Crippen LogP contribution >= 0.6 is 11.6 Å². The maximum Gasteiger partial charge on any atom is 0.271 e. The maximum atomic E-state index is 10.5. The summed E-state index contributed by atoms with van der Waals surface area (Å²) in [6.45, 7) is 0.841. The van der Waals surface area contributed by atoms with E-state index in [9.17, 15) is 10.1 Å². The molecule has 0 aliphatic rings. The van der Waals surface area contributed by atoms with Crippen LogP contribution < -0.4 is 5.32 Å². The summed E-state index contributed by atoms with van der Waals surface area (Å²) >= 11 is 5.87. The number of aliphatic hydroxyl groups excluding tert-OH is 1. The standard InChI is InChI=1S/C10H13ClN2O3/c11-9-7-8(13(15)16)3-4-10(9)12-5-1-2-6-14/h3-4,7,12,14H,1-2,5-6H2. The van der Waals surface area contributed by atoms with Crippen LogP contribution in [0.4, 0.5) is 11.4 Å². The smallest absolute Gasteiger partial charge is 0.271 e. The number of non-ortho nitro benzene ring substituents is 1. The van der Waals surface area contributed by atoms with Crippen LogP contribution in [0.5, 0.6) is 0 Å². The molecular weight excluding hydrogens is 232 g/mol. The van der Waals surface area contributed by atoms with E-state index in [1.807, 2.05) is 0 Å². The van der Waals surface area contributed by atoms with Gasteiger partial charge >= 0.3 is 0 Å². The number of aliphatic hydroxyl groups is 1. The van der Waals surface area contributed by atoms with E-state index in [0.29, 0.717) is 17.3 Å². The molecule has 0 saturated heterocycles. The quantitative estimate of drug-likeness (QED) is 0.458. The van der Waals surface area contributed by atoms with Crippen LogP contribution in [0.2, 0.25) is 5.02 Å². The predicted molar refractivity (Wildman–Crippen MR) is 62.9 cm³/mol. The summed E-state index contributed by atoms with van der Waals surface area (Å²) < 4.78 is 0. The molecule has 1 aromatic rings. The Labute approximate surface area is 98.2 Å². The molecule has 0 aliphatic carbocycles. The number of rotatable bonds is 6. The summed E-state index contributed by atoms with van der Waals surface area (Å²) in [5, 5.41) is 22.4. The summed E-state index contributed by atoms with van der Waals surface area (Å²) in [6, 6.07) is 4.30. The first-order valence-corrected chi connectivity index (χ1v) is 5.31. The van der Waals surface area contributed by atoms with Crippen molar-refractivity contribution in [3.05, 3.63) is 33.3 Å². The van der Waals surface area contributed by atoms with Gasteiger partial charge in [-0.2, -0.15) is 0 Å². The van der Waals surface area contributed by atoms with Crippen molar-refractivity contribution in [1.82, 2.24) is 0 Å². The molecule has 2 N–H and O–H groups in total. The van der Waals surface area contributed by atoms with Gasteiger partial charge in [-0.25, -0.2) is 0 Å². The van der Waals surface area contributed by atoms with E-state index in [2.05, 4.69) is 5.32 Å². The number of nitro groups is 1. The van der Waals surface area contributed by atoms with Crippen molar-refractivity contribution >= 4 is 23.0 Å². The highest BCUT2D eigenvalue weighted by atomic mass is 35.5. The third-order valence-electron chi connectivity index (χ3n) is 2.06. The fourth-order valence-electron chi connectivity index (χ4n) is 1.22. The van der Waals surface area contributed by atoms with Crippen LogP contribution in [0.15, 0.2) is 18.2 Å². The van der Waals surface area contributed by atoms with Gasteiger partial charge in [0.2, 0.25) is 0 Å². The van der Waals surface area contributed by atoms with E-state index < -0.39 is 4.92 Å². The second kappa shape index (κ2) is 6.30. The summed E-state index contributed by atoms with van der Waals surface area (Å²) in [5.74, 6) is 0. The molecule has 0 radical (unpaired) electrons. The van der Waals surface area contributed by atoms with Crippen molar-refractivity contribution in [2.75, 3.05) is 18.5 Å². The minimum absolute atomic E-state index is 0.0223. The van der Waals surface area contributed by atoms with Gasteiger partial charge in [-0.1, -0.05) is 11.6 Å². The zero-order valence-electron chi connectivity index (χ0n) is 8.65. The molecule has 6 heteroatoms. The van der Waals surface area contributed by atoms with Crippen LogP contribution in [-0.4, -0.2) is 23.2 Å². The van der Waals surface area contributed by atoms with E-state index in [1.165, 1.54) is 12.1 Å². The van der Waals surface area contributed by atoms with Crippen molar-refractivity contribution in [2.45, 2.75) is 12.8 Å². The first-order chi connectivity index (χ1) is 7.65. The van der Waals surface area contributed by atoms with Gasteiger partial charge in [-0.3, -0.25) is 10.1 Å². The minimum Gasteiger partial charge on any atom is -0.396 e. The lowest BCUT2D eigenvalue weighted by molar-refractivity contribution is -0.384. The molecule has 0 heterocycles. The molecule has 0 fully saturated rings. The highest BCUT2D eigenvalue weighted by molar-refractivity contribution is 6.33. The lowest BCUT2D eigenvalue weighted by Gasteiger charge is -2.07. The third-order valence-corrected chi connectivity index (χ3v) is 2.38. The number of benzene rings is 1. The van der Waals surface area contributed by atoms with Gasteiger partial charge in [0.25, 0.3) is 5.69 Å². The fourth-order valence-corrected chi connectivity index (χ4v) is 1.46. The van der Waals surface area contributed by atoms with Crippen molar-refractivity contribution in [3.63, 3.8) is 0 Å². The van der Waals surface area contributed by atoms with Crippen molar-refractivity contribution in [3.8, 4) is 0 Å². The summed E-state index contributed by atoms with van der Waals surface area (Å²) in [6.07, 6.45) is 1.54. The average molecular weight is 245 g/mol. The Bertz CT molecular complexity index is 371. The van der Waals surface area contributed by atoms with Gasteiger partial charge < -0.3 is 10.4 Å². The van der Waals surface area contributed by atoms with Crippen LogP contribution in [0.1, 0.15) is 12.8 Å². The number of anilines is 1. The van der Waals surface area contributed by atoms with E-state index in [-0.39, 0.29) is 12.3 Å². The number of nitrogens with zero attached hydrogens (tertiary/aromatic N) is 1. The van der Waals surface area contributed by atoms with Gasteiger partial charge in [-0.05, 0) is 18.9 Å². The molecule has 0 aromatic heterocycles. The topological polar surface area (TPSA) is 75.4 Å². The second-order valence-corrected chi connectivity index (χ2v) is 3.69. The highest BCUT2D eigenvalue weighted by Crippen LogP contribution is 2.26. The van der Waals surface area contributed by atoms with E-state index in [1.54, 1.807) is 6.07 Å². The molecule has 0 saturated carbocycles. The maximum absolute atomic E-state index is 10.5. The lowest BCUT2D eigenvalue weighted by atomic mass is 10.2. The van der Waals surface area contributed by atoms with Crippen LogP contribution in [0.25, 0.3) is 0 Å². The number of nitrogens with one attached hydrogen (secondary N) is 1. The fraction of sp³-hybridized carbons (Fsp3) is 0.400. The van der Waals surface area contributed by atoms with Gasteiger partial charge in [0.1, 0.15) is 0 Å². The summed E-state index contributed by atoms with van der Waals surface area (Å²) in [4.78, 5) is 9.98. The normalized spacial score (nSPS) is 10.1. The molecule has 0 amide bonds. The molecule has 0 aliphatic heterocycles. The molecule has 1 rings (SSSR count). The number of nitro benzene ring substituents is 1. The molecule has 88 valence electrons. The molecular formula is C10H13ClN2O3. The Kier molecular flexibility index (Phi) is 5.01. The third kappa shape index (κ3) is 3.67. The lowest BCUT2D eigenvalue weighted by Crippen LogP contribution is -2.03. The Balaban J connectivity index is 2.57. The predicted octanol–water partition coefficient (Wildman–Crippen LogP) is 2.43. The van der Waals surface area contributed by atoms with Gasteiger partial charge in [0.15, 0.2) is 0 Å². The Morgan fingerprint density at radius 2 is 2.19 bits per heavy atom. The Morgan fingerprint density at radius 1 is 1.44 bits per heavy atom. The monoisotopic (exact) mass is 244 g/mol. The minimum atomic E-state index is -0.485. The Morgan fingerprint density at radius 3 is 2.75 bits per heavy atom. The molecule has 1 aromatic carbocycles. The number of halogens is 1. The second-order valence-electron chi connectivity index (χ2n) is 3.28. The van der Waals surface area contributed by atoms with Crippen LogP contribution in [0, 0.1) is 10.1 Å². The molecule has 0 unspecified atom stereocenters. The first kappa shape index (κ1) is 12.7. The molecule has 0 bridgehead atoms. The van der Waals surface area contributed by atoms with Crippen molar-refractivity contribution in [1.29, 1.82) is 0 Å². The van der Waals surface area contributed by atoms with E-state index in [0.717, 1.165) is 12.8 Å². The van der Waals surface area contributed by atoms with E-state index in [4.69, 9.17) is 16.7 Å². The molecule has 16 heavy (non-hydrogen) atoms. The number of hydrogen-bond acceptors (Lipinski definition) is 4. The summed E-state index contributed by atoms with van der Waals surface area (Å²) in [7, 11) is 0. The first-order valence-electron chi connectivity index (χ1n) is 4.94.